The van der Waals surface area contributed by atoms with Crippen molar-refractivity contribution in [3.8, 4) is 0 Å². The molecule has 0 aliphatic carbocycles. The zero-order valence-corrected chi connectivity index (χ0v) is 17.4. The number of alkyl halides is 3. The SMILES string of the molecule is COC(=O)c1cc(N2CCOCC2)ccc1NC(=O)CSc1ccc(C(F)(F)F)cn1. The molecule has 31 heavy (non-hydrogen) atoms. The number of thioether (sulfide) groups is 1. The summed E-state index contributed by atoms with van der Waals surface area (Å²) in [6, 6.07) is 7.18. The van der Waals surface area contributed by atoms with E-state index >= 15 is 0 Å². The molecule has 0 unspecified atom stereocenters. The van der Waals surface area contributed by atoms with Crippen LogP contribution in [0, 0.1) is 0 Å². The average molecular weight is 455 g/mol. The van der Waals surface area contributed by atoms with Gasteiger partial charge in [0, 0.05) is 25.0 Å². The fourth-order valence-corrected chi connectivity index (χ4v) is 3.54. The number of morpholine rings is 1. The van der Waals surface area contributed by atoms with Crippen molar-refractivity contribution in [2.24, 2.45) is 0 Å². The molecule has 1 N–H and O–H groups in total. The number of carbonyl (C=O) groups is 2. The Bertz CT molecular complexity index is 932. The fraction of sp³-hybridized carbons (Fsp3) is 0.350. The molecule has 0 atom stereocenters. The maximum Gasteiger partial charge on any atom is 0.417 e. The van der Waals surface area contributed by atoms with E-state index in [1.807, 2.05) is 0 Å². The highest BCUT2D eigenvalue weighted by Crippen LogP contribution is 2.30. The van der Waals surface area contributed by atoms with Gasteiger partial charge in [-0.3, -0.25) is 4.79 Å². The minimum Gasteiger partial charge on any atom is -0.465 e. The number of methoxy groups -OCH3 is 1. The summed E-state index contributed by atoms with van der Waals surface area (Å²) in [6.07, 6.45) is -3.74. The topological polar surface area (TPSA) is 80.8 Å². The monoisotopic (exact) mass is 455 g/mol. The minimum atomic E-state index is -4.47. The molecule has 11 heteroatoms. The van der Waals surface area contributed by atoms with Crippen molar-refractivity contribution in [1.82, 2.24) is 4.98 Å². The number of ether oxygens (including phenoxy) is 2. The van der Waals surface area contributed by atoms with Gasteiger partial charge in [0.1, 0.15) is 0 Å². The molecule has 3 rings (SSSR count). The molecule has 1 aromatic heterocycles. The zero-order valence-electron chi connectivity index (χ0n) is 16.6. The summed E-state index contributed by atoms with van der Waals surface area (Å²) in [6.45, 7) is 2.54. The standard InChI is InChI=1S/C20H20F3N3O4S/c1-29-19(28)15-10-14(26-6-8-30-9-7-26)3-4-16(15)25-17(27)12-31-18-5-2-13(11-24-18)20(21,22)23/h2-5,10-11H,6-9,12H2,1H3,(H,25,27). The second-order valence-electron chi connectivity index (χ2n) is 6.54. The molecule has 1 aliphatic rings. The van der Waals surface area contributed by atoms with Crippen LogP contribution in [0.2, 0.25) is 0 Å². The molecule has 2 heterocycles. The first-order chi connectivity index (χ1) is 14.8. The van der Waals surface area contributed by atoms with Crippen LogP contribution in [0.4, 0.5) is 24.5 Å². The van der Waals surface area contributed by atoms with Gasteiger partial charge in [0.25, 0.3) is 0 Å². The molecule has 0 spiro atoms. The highest BCUT2D eigenvalue weighted by molar-refractivity contribution is 7.99. The summed E-state index contributed by atoms with van der Waals surface area (Å²) < 4.78 is 48.0. The Morgan fingerprint density at radius 1 is 1.23 bits per heavy atom. The van der Waals surface area contributed by atoms with Crippen molar-refractivity contribution in [2.75, 3.05) is 49.4 Å². The van der Waals surface area contributed by atoms with Gasteiger partial charge >= 0.3 is 12.1 Å². The van der Waals surface area contributed by atoms with Crippen molar-refractivity contribution in [1.29, 1.82) is 0 Å². The van der Waals surface area contributed by atoms with Crippen molar-refractivity contribution < 1.29 is 32.2 Å². The van der Waals surface area contributed by atoms with E-state index in [-0.39, 0.29) is 22.0 Å². The lowest BCUT2D eigenvalue weighted by Crippen LogP contribution is -2.36. The first-order valence-electron chi connectivity index (χ1n) is 9.29. The van der Waals surface area contributed by atoms with Gasteiger partial charge in [-0.2, -0.15) is 13.2 Å². The number of carbonyl (C=O) groups excluding carboxylic acids is 2. The van der Waals surface area contributed by atoms with Crippen molar-refractivity contribution in [3.63, 3.8) is 0 Å². The van der Waals surface area contributed by atoms with E-state index in [4.69, 9.17) is 9.47 Å². The number of halogens is 3. The average Bonchev–Trinajstić information content (AvgIpc) is 2.77. The Morgan fingerprint density at radius 2 is 1.97 bits per heavy atom. The van der Waals surface area contributed by atoms with E-state index in [1.165, 1.54) is 13.2 Å². The molecule has 0 radical (unpaired) electrons. The summed E-state index contributed by atoms with van der Waals surface area (Å²) in [4.78, 5) is 30.3. The van der Waals surface area contributed by atoms with E-state index in [2.05, 4.69) is 15.2 Å². The number of hydrogen-bond acceptors (Lipinski definition) is 7. The van der Waals surface area contributed by atoms with Crippen LogP contribution >= 0.6 is 11.8 Å². The Labute approximate surface area is 180 Å². The number of nitrogens with one attached hydrogen (secondary N) is 1. The summed E-state index contributed by atoms with van der Waals surface area (Å²) in [5.41, 5.74) is 0.446. The molecule has 1 aromatic carbocycles. The summed E-state index contributed by atoms with van der Waals surface area (Å²) in [7, 11) is 1.25. The molecule has 2 aromatic rings. The van der Waals surface area contributed by atoms with E-state index < -0.39 is 23.6 Å². The highest BCUT2D eigenvalue weighted by Gasteiger charge is 2.30. The second-order valence-corrected chi connectivity index (χ2v) is 7.54. The number of anilines is 2. The zero-order chi connectivity index (χ0) is 22.4. The molecular weight excluding hydrogens is 435 g/mol. The number of rotatable bonds is 6. The first kappa shape index (κ1) is 22.9. The minimum absolute atomic E-state index is 0.0931. The van der Waals surface area contributed by atoms with Crippen LogP contribution in [0.3, 0.4) is 0 Å². The number of benzene rings is 1. The molecule has 1 amide bonds. The predicted octanol–water partition coefficient (Wildman–Crippen LogP) is 3.45. The van der Waals surface area contributed by atoms with Crippen LogP contribution in [0.1, 0.15) is 15.9 Å². The number of aromatic nitrogens is 1. The third-order valence-corrected chi connectivity index (χ3v) is 5.42. The van der Waals surface area contributed by atoms with E-state index in [0.29, 0.717) is 26.3 Å². The lowest BCUT2D eigenvalue weighted by atomic mass is 10.1. The van der Waals surface area contributed by atoms with Crippen LogP contribution in [0.5, 0.6) is 0 Å². The van der Waals surface area contributed by atoms with E-state index in [1.54, 1.807) is 18.2 Å². The van der Waals surface area contributed by atoms with Gasteiger partial charge in [-0.15, -0.1) is 0 Å². The Balaban J connectivity index is 1.66. The molecule has 0 bridgehead atoms. The number of pyridine rings is 1. The van der Waals surface area contributed by atoms with Gasteiger partial charge in [-0.25, -0.2) is 9.78 Å². The number of amides is 1. The van der Waals surface area contributed by atoms with Crippen molar-refractivity contribution >= 4 is 35.0 Å². The normalized spacial score (nSPS) is 14.3. The van der Waals surface area contributed by atoms with E-state index in [0.717, 1.165) is 29.7 Å². The number of esters is 1. The van der Waals surface area contributed by atoms with E-state index in [9.17, 15) is 22.8 Å². The lowest BCUT2D eigenvalue weighted by Gasteiger charge is -2.29. The predicted molar refractivity (Wildman–Crippen MR) is 109 cm³/mol. The van der Waals surface area contributed by atoms with Gasteiger partial charge < -0.3 is 19.7 Å². The van der Waals surface area contributed by atoms with Crippen LogP contribution in [0.15, 0.2) is 41.6 Å². The largest absolute Gasteiger partial charge is 0.465 e. The molecule has 1 fully saturated rings. The quantitative estimate of drug-likeness (QED) is 0.528. The Morgan fingerprint density at radius 3 is 2.58 bits per heavy atom. The summed E-state index contributed by atoms with van der Waals surface area (Å²) in [5, 5.41) is 2.93. The third kappa shape index (κ3) is 6.11. The van der Waals surface area contributed by atoms with Crippen LogP contribution in [0.25, 0.3) is 0 Å². The van der Waals surface area contributed by atoms with Gasteiger partial charge in [0.15, 0.2) is 0 Å². The molecule has 1 saturated heterocycles. The second kappa shape index (κ2) is 10.0. The van der Waals surface area contributed by atoms with Crippen LogP contribution in [-0.2, 0) is 20.4 Å². The molecule has 7 nitrogen and oxygen atoms in total. The molecule has 166 valence electrons. The van der Waals surface area contributed by atoms with Gasteiger partial charge in [-0.05, 0) is 30.3 Å². The Kier molecular flexibility index (Phi) is 7.39. The third-order valence-electron chi connectivity index (χ3n) is 4.47. The van der Waals surface area contributed by atoms with Gasteiger partial charge in [0.2, 0.25) is 5.91 Å². The molecule has 0 saturated carbocycles. The van der Waals surface area contributed by atoms with Crippen LogP contribution < -0.4 is 10.2 Å². The number of hydrogen-bond donors (Lipinski definition) is 1. The summed E-state index contributed by atoms with van der Waals surface area (Å²) in [5.74, 6) is -1.12. The lowest BCUT2D eigenvalue weighted by molar-refractivity contribution is -0.137. The van der Waals surface area contributed by atoms with Crippen LogP contribution in [-0.4, -0.2) is 56.0 Å². The van der Waals surface area contributed by atoms with Crippen molar-refractivity contribution in [3.05, 3.63) is 47.7 Å². The summed E-state index contributed by atoms with van der Waals surface area (Å²) >= 11 is 0.984. The Hall–Kier alpha value is -2.79. The molecule has 1 aliphatic heterocycles. The van der Waals surface area contributed by atoms with Gasteiger partial charge in [-0.1, -0.05) is 11.8 Å². The number of nitrogens with zero attached hydrogens (tertiary/aromatic N) is 2. The fourth-order valence-electron chi connectivity index (χ4n) is 2.90. The maximum absolute atomic E-state index is 12.6. The maximum atomic E-state index is 12.6. The molecular formula is C20H20F3N3O4S. The van der Waals surface area contributed by atoms with Gasteiger partial charge in [0.05, 0.1) is 47.9 Å². The van der Waals surface area contributed by atoms with Crippen molar-refractivity contribution in [2.45, 2.75) is 11.2 Å². The first-order valence-corrected chi connectivity index (χ1v) is 10.3. The smallest absolute Gasteiger partial charge is 0.417 e. The highest BCUT2D eigenvalue weighted by atomic mass is 32.2.